The topological polar surface area (TPSA) is 84.5 Å². The van der Waals surface area contributed by atoms with E-state index in [1.807, 2.05) is 6.92 Å². The van der Waals surface area contributed by atoms with E-state index in [0.717, 1.165) is 6.07 Å². The summed E-state index contributed by atoms with van der Waals surface area (Å²) in [6.45, 7) is 3.39. The van der Waals surface area contributed by atoms with Crippen LogP contribution in [-0.2, 0) is 16.6 Å². The van der Waals surface area contributed by atoms with E-state index in [-0.39, 0.29) is 28.6 Å². The molecular weight excluding hydrogens is 409 g/mol. The lowest BCUT2D eigenvalue weighted by atomic mass is 10.2. The molecule has 2 aromatic carbocycles. The number of hydrogen-bond donors (Lipinski definition) is 2. The Morgan fingerprint density at radius 2 is 1.72 bits per heavy atom. The third kappa shape index (κ3) is 6.75. The van der Waals surface area contributed by atoms with E-state index < -0.39 is 28.0 Å². The maximum absolute atomic E-state index is 12.5. The fourth-order valence-corrected chi connectivity index (χ4v) is 3.68. The summed E-state index contributed by atoms with van der Waals surface area (Å²) in [5.41, 5.74) is 0.317. The Morgan fingerprint density at radius 1 is 1.10 bits per heavy atom. The molecule has 0 aliphatic heterocycles. The third-order valence-corrected chi connectivity index (χ3v) is 5.64. The van der Waals surface area contributed by atoms with Gasteiger partial charge in [-0.05, 0) is 43.7 Å². The molecule has 6 nitrogen and oxygen atoms in total. The molecule has 1 amide bonds. The molecule has 2 N–H and O–H groups in total. The molecule has 0 heterocycles. The van der Waals surface area contributed by atoms with Crippen LogP contribution in [0.25, 0.3) is 0 Å². The van der Waals surface area contributed by atoms with Gasteiger partial charge in [0.1, 0.15) is 5.75 Å². The van der Waals surface area contributed by atoms with Crippen molar-refractivity contribution >= 4 is 15.9 Å². The highest BCUT2D eigenvalue weighted by Crippen LogP contribution is 2.26. The molecule has 0 fully saturated rings. The van der Waals surface area contributed by atoms with Crippen molar-refractivity contribution < 1.29 is 31.1 Å². The fourth-order valence-electron chi connectivity index (χ4n) is 2.35. The molecule has 0 aromatic heterocycles. The molecule has 2 rings (SSSR count). The van der Waals surface area contributed by atoms with Gasteiger partial charge >= 0.3 is 6.36 Å². The van der Waals surface area contributed by atoms with Crippen LogP contribution in [0.1, 0.15) is 36.2 Å². The van der Waals surface area contributed by atoms with Crippen molar-refractivity contribution in [2.24, 2.45) is 0 Å². The second-order valence-corrected chi connectivity index (χ2v) is 8.01. The number of benzene rings is 2. The molecule has 158 valence electrons. The summed E-state index contributed by atoms with van der Waals surface area (Å²) >= 11 is 0. The number of carbonyl (C=O) groups is 1. The van der Waals surface area contributed by atoms with Crippen molar-refractivity contribution in [2.75, 3.05) is 0 Å². The standard InChI is InChI=1S/C19H21F3N2O4S/c1-3-13(2)24-29(26,27)16-10-8-14(9-11-16)18(25)23-12-15-6-4-5-7-17(15)28-19(20,21)22/h4-11,13,24H,3,12H2,1-2H3,(H,23,25). The molecule has 0 saturated heterocycles. The molecule has 10 heteroatoms. The Kier molecular flexibility index (Phi) is 7.26. The van der Waals surface area contributed by atoms with Gasteiger partial charge in [0.2, 0.25) is 10.0 Å². The maximum atomic E-state index is 12.5. The number of sulfonamides is 1. The predicted molar refractivity (Wildman–Crippen MR) is 101 cm³/mol. The predicted octanol–water partition coefficient (Wildman–Crippen LogP) is 3.59. The fraction of sp³-hybridized carbons (Fsp3) is 0.316. The number of amides is 1. The SMILES string of the molecule is CCC(C)NS(=O)(=O)c1ccc(C(=O)NCc2ccccc2OC(F)(F)F)cc1. The molecule has 0 aliphatic rings. The molecule has 0 aliphatic carbocycles. The third-order valence-electron chi connectivity index (χ3n) is 4.03. The Hall–Kier alpha value is -2.59. The highest BCUT2D eigenvalue weighted by Gasteiger charge is 2.32. The van der Waals surface area contributed by atoms with Gasteiger partial charge in [-0.15, -0.1) is 13.2 Å². The summed E-state index contributed by atoms with van der Waals surface area (Å²) in [7, 11) is -3.70. The number of alkyl halides is 3. The zero-order valence-corrected chi connectivity index (χ0v) is 16.6. The Labute approximate surface area is 167 Å². The molecule has 2 aromatic rings. The molecule has 1 unspecified atom stereocenters. The van der Waals surface area contributed by atoms with Gasteiger partial charge < -0.3 is 10.1 Å². The highest BCUT2D eigenvalue weighted by atomic mass is 32.2. The zero-order chi connectivity index (χ0) is 21.7. The lowest BCUT2D eigenvalue weighted by Crippen LogP contribution is -2.32. The van der Waals surface area contributed by atoms with Gasteiger partial charge in [0.05, 0.1) is 4.90 Å². The van der Waals surface area contributed by atoms with Crippen LogP contribution in [0.2, 0.25) is 0 Å². The van der Waals surface area contributed by atoms with Gasteiger partial charge in [0.25, 0.3) is 5.91 Å². The van der Waals surface area contributed by atoms with E-state index in [0.29, 0.717) is 6.42 Å². The van der Waals surface area contributed by atoms with Crippen molar-refractivity contribution in [3.05, 3.63) is 59.7 Å². The minimum atomic E-state index is -4.84. The first-order chi connectivity index (χ1) is 13.5. The van der Waals surface area contributed by atoms with Crippen LogP contribution in [0, 0.1) is 0 Å². The summed E-state index contributed by atoms with van der Waals surface area (Å²) < 4.78 is 68.3. The smallest absolute Gasteiger partial charge is 0.405 e. The van der Waals surface area contributed by atoms with Crippen molar-refractivity contribution in [1.29, 1.82) is 0 Å². The van der Waals surface area contributed by atoms with Crippen LogP contribution in [-0.4, -0.2) is 26.7 Å². The average Bonchev–Trinajstić information content (AvgIpc) is 2.65. The monoisotopic (exact) mass is 430 g/mol. The Morgan fingerprint density at radius 3 is 2.31 bits per heavy atom. The number of halogens is 3. The van der Waals surface area contributed by atoms with Gasteiger partial charge in [-0.3, -0.25) is 4.79 Å². The average molecular weight is 430 g/mol. The first kappa shape index (κ1) is 22.7. The van der Waals surface area contributed by atoms with Gasteiger partial charge in [-0.2, -0.15) is 0 Å². The summed E-state index contributed by atoms with van der Waals surface area (Å²) in [6, 6.07) is 10.5. The zero-order valence-electron chi connectivity index (χ0n) is 15.8. The number of carbonyl (C=O) groups excluding carboxylic acids is 1. The number of nitrogens with one attached hydrogen (secondary N) is 2. The summed E-state index contributed by atoms with van der Waals surface area (Å²) in [5.74, 6) is -0.969. The summed E-state index contributed by atoms with van der Waals surface area (Å²) in [4.78, 5) is 12.3. The molecule has 0 bridgehead atoms. The van der Waals surface area contributed by atoms with Gasteiger partial charge in [-0.25, -0.2) is 13.1 Å². The lowest BCUT2D eigenvalue weighted by Gasteiger charge is -2.14. The molecule has 0 spiro atoms. The second-order valence-electron chi connectivity index (χ2n) is 6.29. The quantitative estimate of drug-likeness (QED) is 0.670. The Balaban J connectivity index is 2.06. The lowest BCUT2D eigenvalue weighted by molar-refractivity contribution is -0.274. The van der Waals surface area contributed by atoms with Crippen LogP contribution in [0.3, 0.4) is 0 Å². The van der Waals surface area contributed by atoms with E-state index in [2.05, 4.69) is 14.8 Å². The number of para-hydroxylation sites is 1. The van der Waals surface area contributed by atoms with Crippen molar-refractivity contribution in [3.63, 3.8) is 0 Å². The first-order valence-electron chi connectivity index (χ1n) is 8.76. The van der Waals surface area contributed by atoms with E-state index in [9.17, 15) is 26.4 Å². The van der Waals surface area contributed by atoms with E-state index >= 15 is 0 Å². The van der Waals surface area contributed by atoms with Gasteiger partial charge in [0, 0.05) is 23.7 Å². The second kappa shape index (κ2) is 9.27. The largest absolute Gasteiger partial charge is 0.573 e. The Bertz CT molecular complexity index is 945. The van der Waals surface area contributed by atoms with Crippen molar-refractivity contribution in [1.82, 2.24) is 10.0 Å². The van der Waals surface area contributed by atoms with Crippen LogP contribution >= 0.6 is 0 Å². The van der Waals surface area contributed by atoms with Crippen LogP contribution in [0.15, 0.2) is 53.4 Å². The van der Waals surface area contributed by atoms with Crippen LogP contribution in [0.5, 0.6) is 5.75 Å². The van der Waals surface area contributed by atoms with Gasteiger partial charge in [-0.1, -0.05) is 25.1 Å². The number of rotatable bonds is 8. The first-order valence-corrected chi connectivity index (χ1v) is 10.2. The van der Waals surface area contributed by atoms with Gasteiger partial charge in [0.15, 0.2) is 0 Å². The number of hydrogen-bond acceptors (Lipinski definition) is 4. The van der Waals surface area contributed by atoms with Crippen LogP contribution in [0.4, 0.5) is 13.2 Å². The molecular formula is C19H21F3N2O4S. The normalized spacial score (nSPS) is 13.0. The summed E-state index contributed by atoms with van der Waals surface area (Å²) in [6.07, 6.45) is -4.22. The molecule has 0 radical (unpaired) electrons. The van der Waals surface area contributed by atoms with E-state index in [4.69, 9.17) is 0 Å². The maximum Gasteiger partial charge on any atom is 0.573 e. The van der Waals surface area contributed by atoms with Crippen molar-refractivity contribution in [3.8, 4) is 5.75 Å². The molecule has 1 atom stereocenters. The number of ether oxygens (including phenoxy) is 1. The van der Waals surface area contributed by atoms with Crippen LogP contribution < -0.4 is 14.8 Å². The summed E-state index contributed by atoms with van der Waals surface area (Å²) in [5, 5.41) is 2.49. The van der Waals surface area contributed by atoms with Crippen molar-refractivity contribution in [2.45, 2.75) is 44.1 Å². The molecule has 0 saturated carbocycles. The molecule has 29 heavy (non-hydrogen) atoms. The van der Waals surface area contributed by atoms with E-state index in [1.165, 1.54) is 42.5 Å². The highest BCUT2D eigenvalue weighted by molar-refractivity contribution is 7.89. The minimum Gasteiger partial charge on any atom is -0.405 e. The minimum absolute atomic E-state index is 0.0123. The van der Waals surface area contributed by atoms with E-state index in [1.54, 1.807) is 6.92 Å².